The van der Waals surface area contributed by atoms with Crippen LogP contribution in [0.25, 0.3) is 0 Å². The van der Waals surface area contributed by atoms with Crippen molar-refractivity contribution >= 4 is 23.3 Å². The minimum atomic E-state index is -0.623. The highest BCUT2D eigenvalue weighted by molar-refractivity contribution is 5.93. The molecule has 0 fully saturated rings. The fourth-order valence-electron chi connectivity index (χ4n) is 1.61. The summed E-state index contributed by atoms with van der Waals surface area (Å²) in [4.78, 5) is 25.0. The molecule has 1 amide bonds. The molecule has 112 valence electrons. The zero-order valence-electron chi connectivity index (χ0n) is 12.0. The number of carbonyl (C=O) groups is 2. The summed E-state index contributed by atoms with van der Waals surface area (Å²) in [5.41, 5.74) is 7.36. The SMILES string of the molecule is CN(C)c1ccc(C(=O)OCC(=O)NCCC#N)cc1N. The van der Waals surface area contributed by atoms with Crippen molar-refractivity contribution in [3.05, 3.63) is 23.8 Å². The van der Waals surface area contributed by atoms with Crippen LogP contribution in [0.2, 0.25) is 0 Å². The van der Waals surface area contributed by atoms with Crippen LogP contribution in [0, 0.1) is 11.3 Å². The number of esters is 1. The van der Waals surface area contributed by atoms with Crippen LogP contribution in [0.4, 0.5) is 11.4 Å². The number of hydrogen-bond acceptors (Lipinski definition) is 6. The minimum Gasteiger partial charge on any atom is -0.452 e. The highest BCUT2D eigenvalue weighted by Gasteiger charge is 2.12. The molecule has 0 aromatic heterocycles. The molecular weight excluding hydrogens is 272 g/mol. The molecule has 0 saturated carbocycles. The van der Waals surface area contributed by atoms with E-state index in [1.807, 2.05) is 25.1 Å². The van der Waals surface area contributed by atoms with Crippen LogP contribution >= 0.6 is 0 Å². The number of carbonyl (C=O) groups excluding carboxylic acids is 2. The molecular formula is C14H18N4O3. The van der Waals surface area contributed by atoms with Crippen molar-refractivity contribution in [2.24, 2.45) is 0 Å². The van der Waals surface area contributed by atoms with Gasteiger partial charge >= 0.3 is 5.97 Å². The van der Waals surface area contributed by atoms with Crippen LogP contribution < -0.4 is 16.0 Å². The number of nitrogens with one attached hydrogen (secondary N) is 1. The lowest BCUT2D eigenvalue weighted by Crippen LogP contribution is -2.29. The zero-order valence-corrected chi connectivity index (χ0v) is 12.0. The lowest BCUT2D eigenvalue weighted by molar-refractivity contribution is -0.124. The number of nitrogens with zero attached hydrogens (tertiary/aromatic N) is 2. The van der Waals surface area contributed by atoms with E-state index in [1.54, 1.807) is 12.1 Å². The maximum atomic E-state index is 11.8. The lowest BCUT2D eigenvalue weighted by Gasteiger charge is -2.15. The summed E-state index contributed by atoms with van der Waals surface area (Å²) in [5.74, 6) is -1.07. The third-order valence-corrected chi connectivity index (χ3v) is 2.64. The summed E-state index contributed by atoms with van der Waals surface area (Å²) in [6.07, 6.45) is 0.211. The molecule has 0 aliphatic heterocycles. The third kappa shape index (κ3) is 5.03. The fraction of sp³-hybridized carbons (Fsp3) is 0.357. The molecule has 7 nitrogen and oxygen atoms in total. The average molecular weight is 290 g/mol. The summed E-state index contributed by atoms with van der Waals surface area (Å²) >= 11 is 0. The summed E-state index contributed by atoms with van der Waals surface area (Å²) in [6, 6.07) is 6.69. The van der Waals surface area contributed by atoms with Gasteiger partial charge in [-0.2, -0.15) is 5.26 Å². The molecule has 0 spiro atoms. The molecule has 1 rings (SSSR count). The molecule has 0 unspecified atom stereocenters. The van der Waals surface area contributed by atoms with Gasteiger partial charge in [-0.3, -0.25) is 4.79 Å². The topological polar surface area (TPSA) is 108 Å². The number of hydrogen-bond donors (Lipinski definition) is 2. The first kappa shape index (κ1) is 16.3. The molecule has 1 aromatic carbocycles. The van der Waals surface area contributed by atoms with Gasteiger partial charge in [0, 0.05) is 20.6 Å². The smallest absolute Gasteiger partial charge is 0.338 e. The Bertz CT molecular complexity index is 564. The molecule has 0 heterocycles. The van der Waals surface area contributed by atoms with Crippen LogP contribution in [0.1, 0.15) is 16.8 Å². The van der Waals surface area contributed by atoms with Gasteiger partial charge in [0.05, 0.1) is 29.4 Å². The Morgan fingerprint density at radius 3 is 2.71 bits per heavy atom. The number of ether oxygens (including phenoxy) is 1. The fourth-order valence-corrected chi connectivity index (χ4v) is 1.61. The second kappa shape index (κ2) is 7.75. The van der Waals surface area contributed by atoms with Crippen molar-refractivity contribution in [3.63, 3.8) is 0 Å². The van der Waals surface area contributed by atoms with Gasteiger partial charge < -0.3 is 20.7 Å². The number of nitrogen functional groups attached to an aromatic ring is 1. The molecule has 0 aliphatic carbocycles. The first-order chi connectivity index (χ1) is 9.95. The average Bonchev–Trinajstić information content (AvgIpc) is 2.44. The third-order valence-electron chi connectivity index (χ3n) is 2.64. The number of amides is 1. The predicted octanol–water partition coefficient (Wildman–Crippen LogP) is 0.521. The largest absolute Gasteiger partial charge is 0.452 e. The van der Waals surface area contributed by atoms with Crippen molar-refractivity contribution < 1.29 is 14.3 Å². The van der Waals surface area contributed by atoms with Crippen molar-refractivity contribution in [1.82, 2.24) is 5.32 Å². The Morgan fingerprint density at radius 2 is 2.14 bits per heavy atom. The Morgan fingerprint density at radius 1 is 1.43 bits per heavy atom. The van der Waals surface area contributed by atoms with Gasteiger partial charge in [-0.15, -0.1) is 0 Å². The van der Waals surface area contributed by atoms with Crippen LogP contribution in [-0.2, 0) is 9.53 Å². The highest BCUT2D eigenvalue weighted by atomic mass is 16.5. The minimum absolute atomic E-state index is 0.211. The number of anilines is 2. The maximum absolute atomic E-state index is 11.8. The van der Waals surface area contributed by atoms with E-state index < -0.39 is 11.9 Å². The van der Waals surface area contributed by atoms with E-state index in [0.29, 0.717) is 5.69 Å². The number of nitriles is 1. The number of benzene rings is 1. The second-order valence-corrected chi connectivity index (χ2v) is 4.50. The molecule has 0 radical (unpaired) electrons. The molecule has 0 bridgehead atoms. The van der Waals surface area contributed by atoms with Gasteiger partial charge in [0.15, 0.2) is 6.61 Å². The van der Waals surface area contributed by atoms with Gasteiger partial charge in [-0.05, 0) is 18.2 Å². The molecule has 21 heavy (non-hydrogen) atoms. The van der Waals surface area contributed by atoms with E-state index in [2.05, 4.69) is 5.32 Å². The number of nitrogens with two attached hydrogens (primary N) is 1. The van der Waals surface area contributed by atoms with Crippen molar-refractivity contribution in [3.8, 4) is 6.07 Å². The van der Waals surface area contributed by atoms with Crippen LogP contribution in [-0.4, -0.2) is 39.1 Å². The van der Waals surface area contributed by atoms with E-state index >= 15 is 0 Å². The summed E-state index contributed by atoms with van der Waals surface area (Å²) in [6.45, 7) is -0.156. The Labute approximate surface area is 123 Å². The summed E-state index contributed by atoms with van der Waals surface area (Å²) < 4.78 is 4.87. The first-order valence-electron chi connectivity index (χ1n) is 6.33. The maximum Gasteiger partial charge on any atom is 0.338 e. The number of rotatable bonds is 6. The van der Waals surface area contributed by atoms with Crippen LogP contribution in [0.3, 0.4) is 0 Å². The van der Waals surface area contributed by atoms with E-state index in [4.69, 9.17) is 15.7 Å². The highest BCUT2D eigenvalue weighted by Crippen LogP contribution is 2.22. The first-order valence-corrected chi connectivity index (χ1v) is 6.33. The lowest BCUT2D eigenvalue weighted by atomic mass is 10.1. The Balaban J connectivity index is 2.55. The van der Waals surface area contributed by atoms with Gasteiger partial charge in [0.2, 0.25) is 0 Å². The van der Waals surface area contributed by atoms with Gasteiger partial charge in [0.1, 0.15) is 0 Å². The molecule has 0 aliphatic rings. The monoisotopic (exact) mass is 290 g/mol. The van der Waals surface area contributed by atoms with Crippen LogP contribution in [0.15, 0.2) is 18.2 Å². The Kier molecular flexibility index (Phi) is 6.01. The Hall–Kier alpha value is -2.75. The van der Waals surface area contributed by atoms with Crippen molar-refractivity contribution in [2.45, 2.75) is 6.42 Å². The van der Waals surface area contributed by atoms with E-state index in [-0.39, 0.29) is 25.1 Å². The second-order valence-electron chi connectivity index (χ2n) is 4.50. The van der Waals surface area contributed by atoms with Crippen LogP contribution in [0.5, 0.6) is 0 Å². The summed E-state index contributed by atoms with van der Waals surface area (Å²) in [7, 11) is 3.69. The van der Waals surface area contributed by atoms with E-state index in [9.17, 15) is 9.59 Å². The molecule has 7 heteroatoms. The molecule has 0 saturated heterocycles. The van der Waals surface area contributed by atoms with Gasteiger partial charge in [-0.25, -0.2) is 4.79 Å². The normalized spacial score (nSPS) is 9.57. The van der Waals surface area contributed by atoms with Crippen molar-refractivity contribution in [2.75, 3.05) is 37.9 Å². The van der Waals surface area contributed by atoms with Gasteiger partial charge in [0.25, 0.3) is 5.91 Å². The molecule has 1 aromatic rings. The zero-order chi connectivity index (χ0) is 15.8. The molecule has 0 atom stereocenters. The predicted molar refractivity (Wildman–Crippen MR) is 78.7 cm³/mol. The quantitative estimate of drug-likeness (QED) is 0.449. The van der Waals surface area contributed by atoms with E-state index in [0.717, 1.165) is 5.69 Å². The van der Waals surface area contributed by atoms with Gasteiger partial charge in [-0.1, -0.05) is 0 Å². The van der Waals surface area contributed by atoms with E-state index in [1.165, 1.54) is 6.07 Å². The standard InChI is InChI=1S/C14H18N4O3/c1-18(2)12-5-4-10(8-11(12)16)14(20)21-9-13(19)17-7-3-6-15/h4-5,8H,3,7,9,16H2,1-2H3,(H,17,19). The molecule has 3 N–H and O–H groups in total. The van der Waals surface area contributed by atoms with Crippen molar-refractivity contribution in [1.29, 1.82) is 5.26 Å². The summed E-state index contributed by atoms with van der Waals surface area (Å²) in [5, 5.41) is 10.8.